The van der Waals surface area contributed by atoms with Gasteiger partial charge in [0.1, 0.15) is 23.2 Å². The largest absolute Gasteiger partial charge is 0.494 e. The molecule has 1 aliphatic carbocycles. The highest BCUT2D eigenvalue weighted by molar-refractivity contribution is 7.19. The fraction of sp³-hybridized carbons (Fsp3) is 0.458. The van der Waals surface area contributed by atoms with Crippen LogP contribution in [0.5, 0.6) is 5.75 Å². The minimum absolute atomic E-state index is 0.0496. The molecule has 0 bridgehead atoms. The highest BCUT2D eigenvalue weighted by Crippen LogP contribution is 2.36. The molecular formula is C24H28N2O4S. The minimum Gasteiger partial charge on any atom is -0.494 e. The van der Waals surface area contributed by atoms with Crippen LogP contribution in [-0.4, -0.2) is 28.2 Å². The molecule has 0 saturated heterocycles. The number of fused-ring (bicyclic) bond motifs is 1. The summed E-state index contributed by atoms with van der Waals surface area (Å²) in [7, 11) is 0. The summed E-state index contributed by atoms with van der Waals surface area (Å²) in [5.41, 5.74) is 1.58. The number of benzene rings is 1. The lowest BCUT2D eigenvalue weighted by molar-refractivity contribution is -0.152. The van der Waals surface area contributed by atoms with E-state index < -0.39 is 0 Å². The Bertz CT molecular complexity index is 1130. The van der Waals surface area contributed by atoms with E-state index in [1.807, 2.05) is 38.1 Å². The third-order valence-corrected chi connectivity index (χ3v) is 6.81. The van der Waals surface area contributed by atoms with Gasteiger partial charge in [0, 0.05) is 10.4 Å². The second kappa shape index (κ2) is 9.22. The topological polar surface area (TPSA) is 70.4 Å². The Morgan fingerprint density at radius 3 is 2.74 bits per heavy atom. The second-order valence-corrected chi connectivity index (χ2v) is 9.44. The molecule has 0 amide bonds. The van der Waals surface area contributed by atoms with Crippen molar-refractivity contribution in [3.05, 3.63) is 45.8 Å². The Morgan fingerprint density at radius 1 is 1.26 bits per heavy atom. The van der Waals surface area contributed by atoms with Crippen LogP contribution in [-0.2, 0) is 16.1 Å². The summed E-state index contributed by atoms with van der Waals surface area (Å²) in [5, 5.41) is 0.549. The van der Waals surface area contributed by atoms with Crippen LogP contribution >= 0.6 is 11.3 Å². The number of aromatic nitrogens is 2. The molecule has 4 rings (SSSR count). The Labute approximate surface area is 185 Å². The summed E-state index contributed by atoms with van der Waals surface area (Å²) in [6, 6.07) is 7.71. The van der Waals surface area contributed by atoms with Crippen LogP contribution in [0.4, 0.5) is 0 Å². The first-order valence-corrected chi connectivity index (χ1v) is 11.7. The number of carbonyl (C=O) groups excluding carboxylic acids is 1. The Kier molecular flexibility index (Phi) is 6.41. The Morgan fingerprint density at radius 2 is 2.03 bits per heavy atom. The molecule has 7 heteroatoms. The summed E-state index contributed by atoms with van der Waals surface area (Å²) < 4.78 is 12.5. The van der Waals surface area contributed by atoms with E-state index in [-0.39, 0.29) is 24.2 Å². The van der Waals surface area contributed by atoms with Crippen LogP contribution in [0.25, 0.3) is 21.3 Å². The average molecular weight is 441 g/mol. The molecule has 164 valence electrons. The first kappa shape index (κ1) is 21.6. The number of carbonyl (C=O) groups is 1. The van der Waals surface area contributed by atoms with Crippen LogP contribution in [0, 0.1) is 12.8 Å². The van der Waals surface area contributed by atoms with E-state index in [0.29, 0.717) is 22.7 Å². The molecule has 31 heavy (non-hydrogen) atoms. The van der Waals surface area contributed by atoms with Gasteiger partial charge in [-0.1, -0.05) is 25.5 Å². The molecular weight excluding hydrogens is 412 g/mol. The maximum Gasteiger partial charge on any atom is 0.326 e. The van der Waals surface area contributed by atoms with E-state index >= 15 is 0 Å². The smallest absolute Gasteiger partial charge is 0.326 e. The van der Waals surface area contributed by atoms with Crippen molar-refractivity contribution in [2.75, 3.05) is 6.61 Å². The summed E-state index contributed by atoms with van der Waals surface area (Å²) in [4.78, 5) is 31.9. The van der Waals surface area contributed by atoms with Crippen molar-refractivity contribution >= 4 is 27.5 Å². The number of hydrogen-bond acceptors (Lipinski definition) is 6. The zero-order chi connectivity index (χ0) is 22.0. The summed E-state index contributed by atoms with van der Waals surface area (Å²) in [6.07, 6.45) is 5.45. The molecule has 0 spiro atoms. The monoisotopic (exact) mass is 440 g/mol. The summed E-state index contributed by atoms with van der Waals surface area (Å²) in [5.74, 6) is 0.980. The van der Waals surface area contributed by atoms with E-state index in [0.717, 1.165) is 41.0 Å². The highest BCUT2D eigenvalue weighted by atomic mass is 32.1. The van der Waals surface area contributed by atoms with Crippen molar-refractivity contribution < 1.29 is 14.3 Å². The number of esters is 1. The molecule has 3 aromatic rings. The lowest BCUT2D eigenvalue weighted by Crippen LogP contribution is -2.30. The fourth-order valence-electron chi connectivity index (χ4n) is 4.33. The van der Waals surface area contributed by atoms with Gasteiger partial charge in [-0.25, -0.2) is 4.98 Å². The predicted octanol–water partition coefficient (Wildman–Crippen LogP) is 4.95. The van der Waals surface area contributed by atoms with E-state index in [4.69, 9.17) is 9.47 Å². The first-order valence-electron chi connectivity index (χ1n) is 10.9. The lowest BCUT2D eigenvalue weighted by atomic mass is 9.89. The normalized spacial score (nSPS) is 18.8. The van der Waals surface area contributed by atoms with Crippen LogP contribution in [0.2, 0.25) is 0 Å². The fourth-order valence-corrected chi connectivity index (χ4v) is 5.33. The SMILES string of the molecule is CCOc1ccc(-c2c(C)sc3ncn(CC(=O)OC4CCCC(C)C4)c(=O)c23)cc1. The minimum atomic E-state index is -0.378. The van der Waals surface area contributed by atoms with Gasteiger partial charge in [0.2, 0.25) is 0 Å². The molecule has 0 aliphatic heterocycles. The van der Waals surface area contributed by atoms with Crippen LogP contribution in [0.1, 0.15) is 44.4 Å². The van der Waals surface area contributed by atoms with Crippen molar-refractivity contribution in [2.45, 2.75) is 59.1 Å². The van der Waals surface area contributed by atoms with Gasteiger partial charge in [0.25, 0.3) is 5.56 Å². The number of ether oxygens (including phenoxy) is 2. The van der Waals surface area contributed by atoms with Gasteiger partial charge in [-0.05, 0) is 56.7 Å². The van der Waals surface area contributed by atoms with E-state index in [2.05, 4.69) is 11.9 Å². The Hall–Kier alpha value is -2.67. The molecule has 1 aliphatic rings. The maximum absolute atomic E-state index is 13.3. The van der Waals surface area contributed by atoms with E-state index in [1.165, 1.54) is 28.7 Å². The average Bonchev–Trinajstić information content (AvgIpc) is 3.08. The molecule has 2 atom stereocenters. The molecule has 0 N–H and O–H groups in total. The molecule has 1 saturated carbocycles. The zero-order valence-electron chi connectivity index (χ0n) is 18.2. The van der Waals surface area contributed by atoms with Crippen molar-refractivity contribution in [1.82, 2.24) is 9.55 Å². The Balaban J connectivity index is 1.61. The zero-order valence-corrected chi connectivity index (χ0v) is 19.0. The molecule has 0 radical (unpaired) electrons. The van der Waals surface area contributed by atoms with Crippen LogP contribution in [0.3, 0.4) is 0 Å². The molecule has 2 unspecified atom stereocenters. The predicted molar refractivity (Wildman–Crippen MR) is 123 cm³/mol. The van der Waals surface area contributed by atoms with Crippen molar-refractivity contribution in [3.8, 4) is 16.9 Å². The third-order valence-electron chi connectivity index (χ3n) is 5.79. The van der Waals surface area contributed by atoms with Gasteiger partial charge >= 0.3 is 5.97 Å². The van der Waals surface area contributed by atoms with Gasteiger partial charge in [-0.2, -0.15) is 0 Å². The molecule has 2 aromatic heterocycles. The molecule has 1 fully saturated rings. The van der Waals surface area contributed by atoms with Gasteiger partial charge in [-0.3, -0.25) is 14.2 Å². The maximum atomic E-state index is 13.3. The molecule has 6 nitrogen and oxygen atoms in total. The molecule has 2 heterocycles. The van der Waals surface area contributed by atoms with Gasteiger partial charge < -0.3 is 9.47 Å². The third kappa shape index (κ3) is 4.66. The van der Waals surface area contributed by atoms with Crippen molar-refractivity contribution in [1.29, 1.82) is 0 Å². The molecule has 1 aromatic carbocycles. The number of rotatable bonds is 6. The number of thiophene rings is 1. The van der Waals surface area contributed by atoms with Crippen molar-refractivity contribution in [2.24, 2.45) is 5.92 Å². The quantitative estimate of drug-likeness (QED) is 0.507. The van der Waals surface area contributed by atoms with Gasteiger partial charge in [-0.15, -0.1) is 11.3 Å². The summed E-state index contributed by atoms with van der Waals surface area (Å²) in [6.45, 7) is 6.59. The van der Waals surface area contributed by atoms with Crippen LogP contribution < -0.4 is 10.3 Å². The van der Waals surface area contributed by atoms with E-state index in [1.54, 1.807) is 0 Å². The summed E-state index contributed by atoms with van der Waals surface area (Å²) >= 11 is 1.49. The van der Waals surface area contributed by atoms with Crippen LogP contribution in [0.15, 0.2) is 35.4 Å². The number of hydrogen-bond donors (Lipinski definition) is 0. The standard InChI is InChI=1S/C24H28N2O4S/c1-4-29-18-10-8-17(9-11-18)21-16(3)31-23-22(21)24(28)26(14-25-23)13-20(27)30-19-7-5-6-15(2)12-19/h8-11,14-15,19H,4-7,12-13H2,1-3H3. The van der Waals surface area contributed by atoms with Crippen molar-refractivity contribution in [3.63, 3.8) is 0 Å². The lowest BCUT2D eigenvalue weighted by Gasteiger charge is -2.26. The van der Waals surface area contributed by atoms with E-state index in [9.17, 15) is 9.59 Å². The van der Waals surface area contributed by atoms with Gasteiger partial charge in [0.15, 0.2) is 0 Å². The number of aryl methyl sites for hydroxylation is 1. The van der Waals surface area contributed by atoms with Gasteiger partial charge in [0.05, 0.1) is 18.3 Å². The first-order chi connectivity index (χ1) is 15.0. The highest BCUT2D eigenvalue weighted by Gasteiger charge is 2.23. The number of nitrogens with zero attached hydrogens (tertiary/aromatic N) is 2. The second-order valence-electron chi connectivity index (χ2n) is 8.23.